The number of rotatable bonds is 8. The van der Waals surface area contributed by atoms with E-state index in [1.54, 1.807) is 7.11 Å². The zero-order valence-electron chi connectivity index (χ0n) is 16.3. The van der Waals surface area contributed by atoms with Crippen molar-refractivity contribution in [3.05, 3.63) is 70.2 Å². The number of halogens is 1. The third-order valence-corrected chi connectivity index (χ3v) is 6.36. The predicted octanol–water partition coefficient (Wildman–Crippen LogP) is 4.13. The van der Waals surface area contributed by atoms with Gasteiger partial charge in [0.15, 0.2) is 0 Å². The predicted molar refractivity (Wildman–Crippen MR) is 113 cm³/mol. The van der Waals surface area contributed by atoms with Crippen molar-refractivity contribution in [2.45, 2.75) is 25.4 Å². The van der Waals surface area contributed by atoms with E-state index in [-0.39, 0.29) is 12.2 Å². The summed E-state index contributed by atoms with van der Waals surface area (Å²) in [7, 11) is 1.78. The van der Waals surface area contributed by atoms with E-state index in [0.717, 1.165) is 30.7 Å². The Morgan fingerprint density at radius 2 is 1.61 bits per heavy atom. The summed E-state index contributed by atoms with van der Waals surface area (Å²) in [5.41, 5.74) is 2.55. The van der Waals surface area contributed by atoms with Gasteiger partial charge < -0.3 is 14.2 Å². The molecule has 5 heteroatoms. The Labute approximate surface area is 175 Å². The maximum atomic E-state index is 6.35. The van der Waals surface area contributed by atoms with Gasteiger partial charge in [-0.1, -0.05) is 58.4 Å². The molecule has 0 aliphatic carbocycles. The third kappa shape index (κ3) is 4.84. The Morgan fingerprint density at radius 1 is 0.929 bits per heavy atom. The van der Waals surface area contributed by atoms with Gasteiger partial charge in [0, 0.05) is 43.1 Å². The highest BCUT2D eigenvalue weighted by Crippen LogP contribution is 2.38. The van der Waals surface area contributed by atoms with Gasteiger partial charge >= 0.3 is 0 Å². The average Bonchev–Trinajstić information content (AvgIpc) is 2.94. The molecule has 0 saturated carbocycles. The normalized spacial score (nSPS) is 27.2. The Kier molecular flexibility index (Phi) is 6.81. The minimum atomic E-state index is 0.215. The van der Waals surface area contributed by atoms with E-state index in [1.165, 1.54) is 11.1 Å². The summed E-state index contributed by atoms with van der Waals surface area (Å²) < 4.78 is 19.1. The van der Waals surface area contributed by atoms with Gasteiger partial charge in [0.1, 0.15) is 0 Å². The van der Waals surface area contributed by atoms with Gasteiger partial charge in [0.2, 0.25) is 0 Å². The zero-order valence-corrected chi connectivity index (χ0v) is 17.9. The lowest BCUT2D eigenvalue weighted by Crippen LogP contribution is -2.43. The molecular formula is C23H28BrNO3. The number of hydrogen-bond donors (Lipinski definition) is 0. The van der Waals surface area contributed by atoms with Crippen molar-refractivity contribution in [1.29, 1.82) is 0 Å². The molecule has 2 saturated heterocycles. The SMILES string of the molecule is COC[C@H]1[C@@H](COCc2ccc(Br)cc2)[C@@H]2CN(Cc3ccccc3)C[C@H]1O2. The molecule has 0 aromatic heterocycles. The van der Waals surface area contributed by atoms with E-state index in [2.05, 4.69) is 75.4 Å². The Balaban J connectivity index is 1.36. The van der Waals surface area contributed by atoms with Gasteiger partial charge in [0.05, 0.1) is 32.0 Å². The molecule has 0 spiro atoms. The van der Waals surface area contributed by atoms with Gasteiger partial charge in [-0.15, -0.1) is 0 Å². The van der Waals surface area contributed by atoms with Crippen molar-refractivity contribution in [2.24, 2.45) is 11.8 Å². The maximum Gasteiger partial charge on any atom is 0.0761 e. The summed E-state index contributed by atoms with van der Waals surface area (Å²) >= 11 is 3.48. The molecule has 0 unspecified atom stereocenters. The number of fused-ring (bicyclic) bond motifs is 2. The van der Waals surface area contributed by atoms with Crippen molar-refractivity contribution >= 4 is 15.9 Å². The van der Waals surface area contributed by atoms with Crippen LogP contribution in [0.15, 0.2) is 59.1 Å². The molecule has 2 bridgehead atoms. The molecule has 2 heterocycles. The van der Waals surface area contributed by atoms with Crippen LogP contribution in [0.1, 0.15) is 11.1 Å². The first kappa shape index (κ1) is 20.0. The van der Waals surface area contributed by atoms with Crippen LogP contribution in [-0.2, 0) is 27.4 Å². The van der Waals surface area contributed by atoms with Crippen LogP contribution >= 0.6 is 15.9 Å². The van der Waals surface area contributed by atoms with Crippen molar-refractivity contribution < 1.29 is 14.2 Å². The second-order valence-electron chi connectivity index (χ2n) is 7.82. The summed E-state index contributed by atoms with van der Waals surface area (Å²) in [5.74, 6) is 0.766. The molecule has 0 radical (unpaired) electrons. The molecule has 28 heavy (non-hydrogen) atoms. The fourth-order valence-electron chi connectivity index (χ4n) is 4.44. The molecule has 4 atom stereocenters. The molecule has 2 aliphatic rings. The standard InChI is InChI=1S/C23H28BrNO3/c1-26-15-20-21(16-27-14-18-7-9-19(24)10-8-18)23-13-25(12-22(20)28-23)11-17-5-3-2-4-6-17/h2-10,20-23H,11-16H2,1H3/t20-,21+,22+,23-/m0/s1. The fourth-order valence-corrected chi connectivity index (χ4v) is 4.70. The van der Waals surface area contributed by atoms with Gasteiger partial charge in [-0.25, -0.2) is 0 Å². The van der Waals surface area contributed by atoms with Crippen LogP contribution in [0, 0.1) is 11.8 Å². The molecule has 2 aliphatic heterocycles. The minimum Gasteiger partial charge on any atom is -0.384 e. The molecule has 2 fully saturated rings. The van der Waals surface area contributed by atoms with Crippen molar-refractivity contribution in [1.82, 2.24) is 4.90 Å². The van der Waals surface area contributed by atoms with E-state index >= 15 is 0 Å². The first-order valence-corrected chi connectivity index (χ1v) is 10.7. The van der Waals surface area contributed by atoms with E-state index in [1.807, 2.05) is 0 Å². The van der Waals surface area contributed by atoms with Gasteiger partial charge in [-0.2, -0.15) is 0 Å². The highest BCUT2D eigenvalue weighted by Gasteiger charge is 2.48. The Bertz CT molecular complexity index is 739. The summed E-state index contributed by atoms with van der Waals surface area (Å²) in [6.07, 6.45) is 0.441. The van der Waals surface area contributed by atoms with E-state index in [4.69, 9.17) is 14.2 Å². The van der Waals surface area contributed by atoms with Crippen LogP contribution in [0.2, 0.25) is 0 Å². The maximum absolute atomic E-state index is 6.35. The van der Waals surface area contributed by atoms with E-state index in [9.17, 15) is 0 Å². The molecular weight excluding hydrogens is 418 g/mol. The van der Waals surface area contributed by atoms with Crippen LogP contribution in [0.25, 0.3) is 0 Å². The Hall–Kier alpha value is -1.24. The molecule has 0 N–H and O–H groups in total. The average molecular weight is 446 g/mol. The molecule has 2 aromatic carbocycles. The molecule has 0 amide bonds. The lowest BCUT2D eigenvalue weighted by molar-refractivity contribution is -0.0613. The molecule has 4 rings (SSSR count). The topological polar surface area (TPSA) is 30.9 Å². The van der Waals surface area contributed by atoms with Crippen LogP contribution in [0.3, 0.4) is 0 Å². The lowest BCUT2D eigenvalue weighted by atomic mass is 9.89. The first-order chi connectivity index (χ1) is 13.7. The monoisotopic (exact) mass is 445 g/mol. The Morgan fingerprint density at radius 3 is 2.29 bits per heavy atom. The van der Waals surface area contributed by atoms with Gasteiger partial charge in [0.25, 0.3) is 0 Å². The quantitative estimate of drug-likeness (QED) is 0.611. The number of benzene rings is 2. The van der Waals surface area contributed by atoms with E-state index < -0.39 is 0 Å². The molecule has 150 valence electrons. The number of likely N-dealkylation sites (tertiary alicyclic amines) is 1. The highest BCUT2D eigenvalue weighted by atomic mass is 79.9. The summed E-state index contributed by atoms with van der Waals surface area (Å²) in [5, 5.41) is 0. The third-order valence-electron chi connectivity index (χ3n) is 5.83. The van der Waals surface area contributed by atoms with Crippen LogP contribution in [-0.4, -0.2) is 50.5 Å². The van der Waals surface area contributed by atoms with Crippen LogP contribution in [0.5, 0.6) is 0 Å². The number of ether oxygens (including phenoxy) is 3. The van der Waals surface area contributed by atoms with Crippen molar-refractivity contribution in [2.75, 3.05) is 33.4 Å². The summed E-state index contributed by atoms with van der Waals surface area (Å²) in [4.78, 5) is 2.52. The number of hydrogen-bond acceptors (Lipinski definition) is 4. The smallest absolute Gasteiger partial charge is 0.0761 e. The van der Waals surface area contributed by atoms with Gasteiger partial charge in [-0.3, -0.25) is 4.90 Å². The molecule has 4 nitrogen and oxygen atoms in total. The van der Waals surface area contributed by atoms with Crippen LogP contribution in [0.4, 0.5) is 0 Å². The number of nitrogens with zero attached hydrogens (tertiary/aromatic N) is 1. The molecule has 2 aromatic rings. The summed E-state index contributed by atoms with van der Waals surface area (Å²) in [6, 6.07) is 19.0. The summed E-state index contributed by atoms with van der Waals surface area (Å²) in [6.45, 7) is 4.97. The second-order valence-corrected chi connectivity index (χ2v) is 8.73. The van der Waals surface area contributed by atoms with E-state index in [0.29, 0.717) is 25.0 Å². The van der Waals surface area contributed by atoms with Crippen molar-refractivity contribution in [3.63, 3.8) is 0 Å². The fraction of sp³-hybridized carbons (Fsp3) is 0.478. The zero-order chi connectivity index (χ0) is 19.3. The number of morpholine rings is 1. The van der Waals surface area contributed by atoms with Crippen LogP contribution < -0.4 is 0 Å². The lowest BCUT2D eigenvalue weighted by Gasteiger charge is -2.33. The highest BCUT2D eigenvalue weighted by molar-refractivity contribution is 9.10. The number of methoxy groups -OCH3 is 1. The largest absolute Gasteiger partial charge is 0.384 e. The van der Waals surface area contributed by atoms with Crippen molar-refractivity contribution in [3.8, 4) is 0 Å². The minimum absolute atomic E-state index is 0.215. The van der Waals surface area contributed by atoms with Gasteiger partial charge in [-0.05, 0) is 23.3 Å². The second kappa shape index (κ2) is 9.51. The first-order valence-electron chi connectivity index (χ1n) is 9.96.